The maximum Gasteiger partial charge on any atom is 0.0545 e. The van der Waals surface area contributed by atoms with Crippen LogP contribution in [-0.2, 0) is 13.1 Å². The number of pyridine rings is 1. The fraction of sp³-hybridized carbons (Fsp3) is 0.762. The highest BCUT2D eigenvalue weighted by Crippen LogP contribution is 2.20. The van der Waals surface area contributed by atoms with Crippen molar-refractivity contribution in [3.63, 3.8) is 0 Å². The molecule has 1 aromatic rings. The first-order chi connectivity index (χ1) is 12.9. The van der Waals surface area contributed by atoms with E-state index in [0.717, 1.165) is 26.2 Å². The van der Waals surface area contributed by atoms with Crippen molar-refractivity contribution in [3.05, 3.63) is 29.6 Å². The van der Waals surface area contributed by atoms with Crippen molar-refractivity contribution in [3.8, 4) is 0 Å². The SMILES string of the molecule is c1cc2nc(c1)CN[C@@H]1CCCC[C@H]1NCCN[C@H]1CCCC[C@@H]1NC2. The van der Waals surface area contributed by atoms with Gasteiger partial charge in [0.05, 0.1) is 11.4 Å². The first kappa shape index (κ1) is 18.4. The largest absolute Gasteiger partial charge is 0.311 e. The Hall–Kier alpha value is -1.01. The predicted octanol–water partition coefficient (Wildman–Crippen LogP) is 2.08. The second kappa shape index (κ2) is 9.27. The average Bonchev–Trinajstić information content (AvgIpc) is 2.69. The van der Waals surface area contributed by atoms with Crippen LogP contribution in [-0.4, -0.2) is 42.2 Å². The zero-order valence-corrected chi connectivity index (χ0v) is 16.0. The van der Waals surface area contributed by atoms with Gasteiger partial charge in [-0.15, -0.1) is 0 Å². The number of nitrogens with one attached hydrogen (secondary N) is 4. The van der Waals surface area contributed by atoms with Crippen LogP contribution in [0.25, 0.3) is 0 Å². The first-order valence-electron chi connectivity index (χ1n) is 10.8. The van der Waals surface area contributed by atoms with Crippen LogP contribution in [0.3, 0.4) is 0 Å². The van der Waals surface area contributed by atoms with Crippen LogP contribution in [0, 0.1) is 0 Å². The summed E-state index contributed by atoms with van der Waals surface area (Å²) in [7, 11) is 0. The molecule has 0 saturated heterocycles. The van der Waals surface area contributed by atoms with Crippen LogP contribution < -0.4 is 21.3 Å². The smallest absolute Gasteiger partial charge is 0.0545 e. The van der Waals surface area contributed by atoms with Crippen LogP contribution in [0.15, 0.2) is 18.2 Å². The van der Waals surface area contributed by atoms with Crippen LogP contribution in [0.4, 0.5) is 0 Å². The Morgan fingerprint density at radius 3 is 1.50 bits per heavy atom. The summed E-state index contributed by atoms with van der Waals surface area (Å²) in [5.74, 6) is 0. The van der Waals surface area contributed by atoms with Crippen molar-refractivity contribution < 1.29 is 0 Å². The highest BCUT2D eigenvalue weighted by Gasteiger charge is 2.26. The molecule has 0 aromatic carbocycles. The van der Waals surface area contributed by atoms with E-state index in [9.17, 15) is 0 Å². The predicted molar refractivity (Wildman–Crippen MR) is 106 cm³/mol. The molecule has 0 amide bonds. The van der Waals surface area contributed by atoms with Crippen molar-refractivity contribution in [1.29, 1.82) is 0 Å². The third kappa shape index (κ3) is 4.83. The van der Waals surface area contributed by atoms with Gasteiger partial charge in [-0.25, -0.2) is 0 Å². The molecule has 2 aliphatic carbocycles. The molecule has 5 heteroatoms. The summed E-state index contributed by atoms with van der Waals surface area (Å²) in [5.41, 5.74) is 2.34. The summed E-state index contributed by atoms with van der Waals surface area (Å²) in [5, 5.41) is 15.2. The molecular formula is C21H35N5. The third-order valence-corrected chi connectivity index (χ3v) is 6.43. The van der Waals surface area contributed by atoms with E-state index in [1.54, 1.807) is 0 Å². The zero-order valence-electron chi connectivity index (χ0n) is 16.0. The number of nitrogens with zero attached hydrogens (tertiary/aromatic N) is 1. The van der Waals surface area contributed by atoms with Crippen LogP contribution >= 0.6 is 0 Å². The molecule has 0 spiro atoms. The Morgan fingerprint density at radius 1 is 0.615 bits per heavy atom. The average molecular weight is 358 g/mol. The highest BCUT2D eigenvalue weighted by molar-refractivity contribution is 5.12. The number of aromatic nitrogens is 1. The maximum absolute atomic E-state index is 4.89. The molecule has 1 aliphatic heterocycles. The molecule has 0 unspecified atom stereocenters. The third-order valence-electron chi connectivity index (χ3n) is 6.43. The quantitative estimate of drug-likeness (QED) is 0.573. The molecule has 144 valence electrons. The van der Waals surface area contributed by atoms with Gasteiger partial charge in [0.1, 0.15) is 0 Å². The van der Waals surface area contributed by atoms with Crippen LogP contribution in [0.5, 0.6) is 0 Å². The summed E-state index contributed by atoms with van der Waals surface area (Å²) in [4.78, 5) is 4.89. The van der Waals surface area contributed by atoms with Crippen molar-refractivity contribution in [1.82, 2.24) is 26.3 Å². The van der Waals surface area contributed by atoms with Gasteiger partial charge in [-0.2, -0.15) is 0 Å². The van der Waals surface area contributed by atoms with Gasteiger partial charge in [-0.3, -0.25) is 4.98 Å². The molecular weight excluding hydrogens is 322 g/mol. The summed E-state index contributed by atoms with van der Waals surface area (Å²) in [6.45, 7) is 3.89. The summed E-state index contributed by atoms with van der Waals surface area (Å²) < 4.78 is 0. The Labute approximate surface area is 158 Å². The minimum atomic E-state index is 0.569. The second-order valence-corrected chi connectivity index (χ2v) is 8.29. The van der Waals surface area contributed by atoms with E-state index in [0.29, 0.717) is 24.2 Å². The standard InChI is InChI=1S/C21H35N5/c1-3-10-20-18(8-1)22-12-13-23-19-9-2-4-11-21(19)25-15-17-7-5-6-16(26-17)14-24-20/h5-7,18-25H,1-4,8-15H2/t18-,19+,20-,21+. The van der Waals surface area contributed by atoms with Crippen LogP contribution in [0.2, 0.25) is 0 Å². The monoisotopic (exact) mass is 357 g/mol. The lowest BCUT2D eigenvalue weighted by Crippen LogP contribution is -2.53. The minimum absolute atomic E-state index is 0.569. The van der Waals surface area contributed by atoms with Gasteiger partial charge in [0.15, 0.2) is 0 Å². The summed E-state index contributed by atoms with van der Waals surface area (Å²) >= 11 is 0. The fourth-order valence-corrected chi connectivity index (χ4v) is 4.95. The Kier molecular flexibility index (Phi) is 6.54. The second-order valence-electron chi connectivity index (χ2n) is 8.29. The van der Waals surface area contributed by atoms with Crippen molar-refractivity contribution >= 4 is 0 Å². The van der Waals surface area contributed by atoms with Gasteiger partial charge < -0.3 is 21.3 Å². The first-order valence-corrected chi connectivity index (χ1v) is 10.8. The van der Waals surface area contributed by atoms with Gasteiger partial charge in [-0.1, -0.05) is 31.7 Å². The molecule has 5 nitrogen and oxygen atoms in total. The fourth-order valence-electron chi connectivity index (χ4n) is 4.95. The topological polar surface area (TPSA) is 61.0 Å². The number of rotatable bonds is 0. The van der Waals surface area contributed by atoms with Crippen molar-refractivity contribution in [2.75, 3.05) is 13.1 Å². The highest BCUT2D eigenvalue weighted by atomic mass is 15.1. The lowest BCUT2D eigenvalue weighted by molar-refractivity contribution is 0.266. The Bertz CT molecular complexity index is 518. The van der Waals surface area contributed by atoms with E-state index in [2.05, 4.69) is 39.5 Å². The molecule has 4 atom stereocenters. The van der Waals surface area contributed by atoms with E-state index in [1.807, 2.05) is 0 Å². The van der Waals surface area contributed by atoms with Gasteiger partial charge >= 0.3 is 0 Å². The molecule has 2 bridgehead atoms. The van der Waals surface area contributed by atoms with Gasteiger partial charge in [0, 0.05) is 50.3 Å². The molecule has 0 radical (unpaired) electrons. The van der Waals surface area contributed by atoms with Crippen molar-refractivity contribution in [2.45, 2.75) is 88.6 Å². The number of hydrogen-bond donors (Lipinski definition) is 4. The Morgan fingerprint density at radius 2 is 1.04 bits per heavy atom. The molecule has 3 aliphatic rings. The van der Waals surface area contributed by atoms with Gasteiger partial charge in [-0.05, 0) is 37.8 Å². The lowest BCUT2D eigenvalue weighted by Gasteiger charge is -2.34. The molecule has 1 aromatic heterocycles. The lowest BCUT2D eigenvalue weighted by atomic mass is 9.89. The summed E-state index contributed by atoms with van der Waals surface area (Å²) in [6.07, 6.45) is 10.5. The van der Waals surface area contributed by atoms with E-state index < -0.39 is 0 Å². The number of fused-ring (bicyclic) bond motifs is 4. The molecule has 26 heavy (non-hydrogen) atoms. The molecule has 4 N–H and O–H groups in total. The van der Waals surface area contributed by atoms with E-state index >= 15 is 0 Å². The maximum atomic E-state index is 4.89. The van der Waals surface area contributed by atoms with E-state index in [4.69, 9.17) is 4.98 Å². The summed E-state index contributed by atoms with van der Waals surface area (Å²) in [6, 6.07) is 8.81. The zero-order chi connectivity index (χ0) is 17.6. The molecule has 2 heterocycles. The molecule has 4 rings (SSSR count). The number of hydrogen-bond acceptors (Lipinski definition) is 5. The Balaban J connectivity index is 1.47. The van der Waals surface area contributed by atoms with E-state index in [1.165, 1.54) is 62.8 Å². The van der Waals surface area contributed by atoms with Gasteiger partial charge in [0.2, 0.25) is 0 Å². The van der Waals surface area contributed by atoms with E-state index in [-0.39, 0.29) is 0 Å². The molecule has 2 fully saturated rings. The van der Waals surface area contributed by atoms with Crippen LogP contribution in [0.1, 0.15) is 62.8 Å². The minimum Gasteiger partial charge on any atom is -0.311 e. The van der Waals surface area contributed by atoms with Crippen molar-refractivity contribution in [2.24, 2.45) is 0 Å². The molecule has 2 saturated carbocycles. The van der Waals surface area contributed by atoms with Gasteiger partial charge in [0.25, 0.3) is 0 Å². The normalized spacial score (nSPS) is 34.0.